The summed E-state index contributed by atoms with van der Waals surface area (Å²) in [5.74, 6) is 6.43. The molecule has 0 atom stereocenters. The summed E-state index contributed by atoms with van der Waals surface area (Å²) < 4.78 is 0. The maximum Gasteiger partial charge on any atom is 0.119 e. The summed E-state index contributed by atoms with van der Waals surface area (Å²) in [5.41, 5.74) is -0.878. The molecule has 1 rings (SSSR count). The van der Waals surface area contributed by atoms with E-state index in [4.69, 9.17) is 0 Å². The molecule has 0 saturated heterocycles. The van der Waals surface area contributed by atoms with Crippen LogP contribution in [0.25, 0.3) is 0 Å². The Hall–Kier alpha value is -0.910. The molecule has 0 bridgehead atoms. The Labute approximate surface area is 89.5 Å². The largest absolute Gasteiger partial charge is 0.378 e. The molecule has 74 valence electrons. The van der Waals surface area contributed by atoms with Gasteiger partial charge < -0.3 is 5.11 Å². The first-order chi connectivity index (χ1) is 6.58. The van der Waals surface area contributed by atoms with Gasteiger partial charge in [-0.2, -0.15) is 0 Å². The molecule has 1 nitrogen and oxygen atoms in total. The highest BCUT2D eigenvalue weighted by molar-refractivity contribution is 7.99. The quantitative estimate of drug-likeness (QED) is 0.593. The molecule has 1 N–H and O–H groups in total. The summed E-state index contributed by atoms with van der Waals surface area (Å²) in [6.07, 6.45) is 0. The molecule has 0 amide bonds. The Morgan fingerprint density at radius 2 is 1.93 bits per heavy atom. The predicted molar refractivity (Wildman–Crippen MR) is 61.2 cm³/mol. The van der Waals surface area contributed by atoms with Crippen molar-refractivity contribution in [1.29, 1.82) is 0 Å². The van der Waals surface area contributed by atoms with Crippen LogP contribution >= 0.6 is 11.8 Å². The number of rotatable bonds is 2. The lowest BCUT2D eigenvalue weighted by Gasteiger charge is -2.05. The zero-order chi connectivity index (χ0) is 10.4. The average molecular weight is 206 g/mol. The summed E-state index contributed by atoms with van der Waals surface area (Å²) >= 11 is 1.68. The smallest absolute Gasteiger partial charge is 0.119 e. The highest BCUT2D eigenvalue weighted by atomic mass is 32.2. The fourth-order valence-corrected chi connectivity index (χ4v) is 1.55. The van der Waals surface area contributed by atoms with E-state index in [0.717, 1.165) is 0 Å². The minimum absolute atomic E-state index is 0.716. The van der Waals surface area contributed by atoms with Gasteiger partial charge in [-0.3, -0.25) is 0 Å². The summed E-state index contributed by atoms with van der Waals surface area (Å²) in [6, 6.07) is 10.1. The maximum absolute atomic E-state index is 9.33. The second-order valence-electron chi connectivity index (χ2n) is 3.46. The highest BCUT2D eigenvalue weighted by Gasteiger charge is 2.04. The van der Waals surface area contributed by atoms with Gasteiger partial charge in [0.05, 0.1) is 5.75 Å². The summed E-state index contributed by atoms with van der Waals surface area (Å²) in [4.78, 5) is 1.21. The van der Waals surface area contributed by atoms with Gasteiger partial charge in [0, 0.05) is 4.90 Å². The number of aliphatic hydroxyl groups is 1. The lowest BCUT2D eigenvalue weighted by Crippen LogP contribution is -2.14. The molecular formula is C12H14OS. The van der Waals surface area contributed by atoms with Crippen molar-refractivity contribution < 1.29 is 5.11 Å². The van der Waals surface area contributed by atoms with E-state index in [-0.39, 0.29) is 0 Å². The van der Waals surface area contributed by atoms with Crippen molar-refractivity contribution in [2.45, 2.75) is 24.3 Å². The van der Waals surface area contributed by atoms with Crippen molar-refractivity contribution >= 4 is 11.8 Å². The molecule has 0 fully saturated rings. The third-order valence-corrected chi connectivity index (χ3v) is 2.34. The first-order valence-electron chi connectivity index (χ1n) is 4.48. The minimum Gasteiger partial charge on any atom is -0.378 e. The van der Waals surface area contributed by atoms with Crippen LogP contribution in [0.1, 0.15) is 13.8 Å². The van der Waals surface area contributed by atoms with Crippen LogP contribution in [0.15, 0.2) is 35.2 Å². The molecule has 0 spiro atoms. The number of hydrogen-bond acceptors (Lipinski definition) is 2. The number of thioether (sulfide) groups is 1. The third kappa shape index (κ3) is 4.96. The molecule has 0 saturated carbocycles. The fourth-order valence-electron chi connectivity index (χ4n) is 0.889. The summed E-state index contributed by atoms with van der Waals surface area (Å²) in [5, 5.41) is 9.33. The molecule has 14 heavy (non-hydrogen) atoms. The fraction of sp³-hybridized carbons (Fsp3) is 0.333. The van der Waals surface area contributed by atoms with E-state index in [1.807, 2.05) is 18.2 Å². The number of benzene rings is 1. The topological polar surface area (TPSA) is 20.2 Å². The van der Waals surface area contributed by atoms with Gasteiger partial charge in [0.2, 0.25) is 0 Å². The Bertz CT molecular complexity index is 327. The van der Waals surface area contributed by atoms with Crippen LogP contribution in [0, 0.1) is 11.8 Å². The monoisotopic (exact) mass is 206 g/mol. The molecule has 2 heteroatoms. The summed E-state index contributed by atoms with van der Waals surface area (Å²) in [6.45, 7) is 3.38. The van der Waals surface area contributed by atoms with Crippen molar-refractivity contribution in [2.24, 2.45) is 0 Å². The standard InChI is InChI=1S/C12H14OS/c1-12(2,13)9-6-10-14-11-7-4-3-5-8-11/h3-5,7-8,13H,10H2,1-2H3. The Balaban J connectivity index is 2.39. The molecule has 0 unspecified atom stereocenters. The third-order valence-electron chi connectivity index (χ3n) is 1.45. The number of hydrogen-bond donors (Lipinski definition) is 1. The van der Waals surface area contributed by atoms with E-state index in [9.17, 15) is 5.11 Å². The van der Waals surface area contributed by atoms with Crippen molar-refractivity contribution in [1.82, 2.24) is 0 Å². The van der Waals surface area contributed by atoms with Gasteiger partial charge in [0.25, 0.3) is 0 Å². The van der Waals surface area contributed by atoms with Crippen molar-refractivity contribution in [3.63, 3.8) is 0 Å². The SMILES string of the molecule is CC(C)(O)C#CCSc1ccccc1. The molecule has 0 aliphatic rings. The lowest BCUT2D eigenvalue weighted by atomic mass is 10.1. The molecule has 0 aliphatic heterocycles. The highest BCUT2D eigenvalue weighted by Crippen LogP contribution is 2.15. The van der Waals surface area contributed by atoms with Crippen LogP contribution in [-0.2, 0) is 0 Å². The van der Waals surface area contributed by atoms with Gasteiger partial charge >= 0.3 is 0 Å². The van der Waals surface area contributed by atoms with Gasteiger partial charge in [-0.05, 0) is 26.0 Å². The summed E-state index contributed by atoms with van der Waals surface area (Å²) in [7, 11) is 0. The van der Waals surface area contributed by atoms with Crippen LogP contribution in [-0.4, -0.2) is 16.5 Å². The van der Waals surface area contributed by atoms with E-state index in [1.54, 1.807) is 25.6 Å². The molecule has 0 radical (unpaired) electrons. The lowest BCUT2D eigenvalue weighted by molar-refractivity contribution is 0.143. The van der Waals surface area contributed by atoms with Gasteiger partial charge in [-0.25, -0.2) is 0 Å². The van der Waals surface area contributed by atoms with Gasteiger partial charge in [0.15, 0.2) is 0 Å². The normalized spacial score (nSPS) is 10.5. The second kappa shape index (κ2) is 5.09. The van der Waals surface area contributed by atoms with Crippen LogP contribution in [0.5, 0.6) is 0 Å². The zero-order valence-corrected chi connectivity index (χ0v) is 9.27. The Morgan fingerprint density at radius 1 is 1.29 bits per heavy atom. The Kier molecular flexibility index (Phi) is 4.06. The van der Waals surface area contributed by atoms with Crippen LogP contribution < -0.4 is 0 Å². The van der Waals surface area contributed by atoms with Gasteiger partial charge in [-0.1, -0.05) is 30.0 Å². The van der Waals surface area contributed by atoms with E-state index in [1.165, 1.54) is 4.90 Å². The van der Waals surface area contributed by atoms with E-state index in [0.29, 0.717) is 5.75 Å². The molecular weight excluding hydrogens is 192 g/mol. The van der Waals surface area contributed by atoms with E-state index in [2.05, 4.69) is 24.0 Å². The zero-order valence-electron chi connectivity index (χ0n) is 8.45. The second-order valence-corrected chi connectivity index (χ2v) is 4.51. The van der Waals surface area contributed by atoms with Gasteiger partial charge in [-0.15, -0.1) is 11.8 Å². The van der Waals surface area contributed by atoms with Crippen molar-refractivity contribution in [2.75, 3.05) is 5.75 Å². The molecule has 0 aliphatic carbocycles. The van der Waals surface area contributed by atoms with E-state index >= 15 is 0 Å². The van der Waals surface area contributed by atoms with Gasteiger partial charge in [0.1, 0.15) is 5.60 Å². The predicted octanol–water partition coefficient (Wildman–Crippen LogP) is 2.55. The van der Waals surface area contributed by atoms with Crippen molar-refractivity contribution in [3.05, 3.63) is 30.3 Å². The molecule has 1 aromatic carbocycles. The maximum atomic E-state index is 9.33. The van der Waals surface area contributed by atoms with Crippen LogP contribution in [0.2, 0.25) is 0 Å². The molecule has 1 aromatic rings. The molecule has 0 aromatic heterocycles. The minimum atomic E-state index is -0.878. The van der Waals surface area contributed by atoms with Crippen molar-refractivity contribution in [3.8, 4) is 11.8 Å². The Morgan fingerprint density at radius 3 is 2.50 bits per heavy atom. The van der Waals surface area contributed by atoms with Crippen LogP contribution in [0.4, 0.5) is 0 Å². The van der Waals surface area contributed by atoms with E-state index < -0.39 is 5.60 Å². The first-order valence-corrected chi connectivity index (χ1v) is 5.47. The van der Waals surface area contributed by atoms with Crippen LogP contribution in [0.3, 0.4) is 0 Å². The first kappa shape index (κ1) is 11.2. The molecule has 0 heterocycles. The average Bonchev–Trinajstić information content (AvgIpc) is 2.13.